The minimum Gasteiger partial charge on any atom is -0.462 e. The third-order valence-electron chi connectivity index (χ3n) is 16.4. The Morgan fingerprint density at radius 2 is 0.512 bits per heavy atom. The Kier molecular flexibility index (Phi) is 71.3. The lowest BCUT2D eigenvalue weighted by Crippen LogP contribution is -2.28. The van der Waals surface area contributed by atoms with Gasteiger partial charge in [0.25, 0.3) is 0 Å². The first-order valence-corrected chi connectivity index (χ1v) is 36.8. The van der Waals surface area contributed by atoms with Crippen molar-refractivity contribution >= 4 is 11.9 Å². The van der Waals surface area contributed by atoms with Crippen LogP contribution < -0.4 is 0 Å². The predicted molar refractivity (Wildman–Crippen MR) is 371 cm³/mol. The van der Waals surface area contributed by atoms with Gasteiger partial charge in [0.1, 0.15) is 6.61 Å². The number of aliphatic hydroxyl groups excluding tert-OH is 1. The zero-order valence-corrected chi connectivity index (χ0v) is 55.9. The van der Waals surface area contributed by atoms with E-state index in [0.717, 1.165) is 83.5 Å². The van der Waals surface area contributed by atoms with Crippen LogP contribution in [0.3, 0.4) is 0 Å². The summed E-state index contributed by atoms with van der Waals surface area (Å²) in [6.45, 7) is 4.06. The van der Waals surface area contributed by atoms with E-state index in [-0.39, 0.29) is 25.2 Å². The van der Waals surface area contributed by atoms with Crippen LogP contribution in [0, 0.1) is 0 Å². The fraction of sp³-hybridized carbons (Fsp3) is 0.772. The van der Waals surface area contributed by atoms with Crippen LogP contribution >= 0.6 is 0 Å². The quantitative estimate of drug-likeness (QED) is 0.0373. The molecule has 0 aliphatic rings. The molecule has 1 unspecified atom stereocenters. The molecule has 1 atom stereocenters. The number of allylic oxidation sites excluding steroid dienone is 16. The maximum atomic E-state index is 12.4. The standard InChI is InChI=1S/C79H140O5/c1-3-5-7-9-11-13-15-17-19-21-23-25-27-29-31-33-34-35-36-37-38-39-40-41-42-43-44-46-48-50-52-54-56-58-60-62-64-66-68-70-72-74-79(82)84-77(75-80)76-83-78(81)73-71-69-67-65-63-61-59-57-55-53-51-49-47-45-32-30-28-26-24-22-20-18-16-14-12-10-8-6-4-2/h5,7,11,13,16-19,22-25,28-31,77,80H,3-4,6,8-10,12,14-15,20-21,26-27,32-76H2,1-2H3/b7-5-,13-11-,18-16-,19-17-,24-22-,25-23-,30-28-,31-29-. The van der Waals surface area contributed by atoms with Crippen molar-refractivity contribution in [3.8, 4) is 0 Å². The van der Waals surface area contributed by atoms with E-state index in [1.54, 1.807) is 0 Å². The lowest BCUT2D eigenvalue weighted by molar-refractivity contribution is -0.161. The van der Waals surface area contributed by atoms with Crippen molar-refractivity contribution in [2.45, 2.75) is 380 Å². The highest BCUT2D eigenvalue weighted by Crippen LogP contribution is 2.18. The minimum absolute atomic E-state index is 0.0643. The van der Waals surface area contributed by atoms with Gasteiger partial charge in [0.05, 0.1) is 6.61 Å². The van der Waals surface area contributed by atoms with Crippen molar-refractivity contribution in [3.05, 3.63) is 97.2 Å². The molecule has 0 amide bonds. The van der Waals surface area contributed by atoms with Crippen molar-refractivity contribution in [2.75, 3.05) is 13.2 Å². The number of aliphatic hydroxyl groups is 1. The van der Waals surface area contributed by atoms with E-state index in [1.807, 2.05) is 0 Å². The number of esters is 2. The summed E-state index contributed by atoms with van der Waals surface area (Å²) >= 11 is 0. The average molecular weight is 1170 g/mol. The van der Waals surface area contributed by atoms with Crippen LogP contribution in [0.25, 0.3) is 0 Å². The Balaban J connectivity index is 3.41. The van der Waals surface area contributed by atoms with Gasteiger partial charge in [0, 0.05) is 12.8 Å². The Hall–Kier alpha value is -3.18. The zero-order valence-electron chi connectivity index (χ0n) is 55.9. The summed E-state index contributed by atoms with van der Waals surface area (Å²) in [5.74, 6) is -0.574. The molecule has 0 fully saturated rings. The number of carbonyl (C=O) groups is 2. The third kappa shape index (κ3) is 71.3. The smallest absolute Gasteiger partial charge is 0.306 e. The van der Waals surface area contributed by atoms with E-state index in [2.05, 4.69) is 111 Å². The van der Waals surface area contributed by atoms with Gasteiger partial charge in [-0.2, -0.15) is 0 Å². The van der Waals surface area contributed by atoms with Crippen molar-refractivity contribution < 1.29 is 24.2 Å². The molecule has 0 aliphatic carbocycles. The first-order chi connectivity index (χ1) is 41.6. The summed E-state index contributed by atoms with van der Waals surface area (Å²) in [6.07, 6.45) is 106. The molecule has 0 spiro atoms. The topological polar surface area (TPSA) is 72.8 Å². The molecule has 5 nitrogen and oxygen atoms in total. The monoisotopic (exact) mass is 1170 g/mol. The summed E-state index contributed by atoms with van der Waals surface area (Å²) in [5.41, 5.74) is 0. The van der Waals surface area contributed by atoms with Gasteiger partial charge < -0.3 is 14.6 Å². The molecule has 1 N–H and O–H groups in total. The zero-order chi connectivity index (χ0) is 60.5. The number of rotatable bonds is 68. The summed E-state index contributed by atoms with van der Waals surface area (Å²) in [5, 5.41) is 9.71. The van der Waals surface area contributed by atoms with E-state index in [1.165, 1.54) is 263 Å². The molecule has 0 aliphatic heterocycles. The molecule has 5 heteroatoms. The maximum Gasteiger partial charge on any atom is 0.306 e. The van der Waals surface area contributed by atoms with Gasteiger partial charge in [-0.25, -0.2) is 0 Å². The van der Waals surface area contributed by atoms with Crippen molar-refractivity contribution in [1.82, 2.24) is 0 Å². The highest BCUT2D eigenvalue weighted by Gasteiger charge is 2.16. The number of ether oxygens (including phenoxy) is 2. The van der Waals surface area contributed by atoms with E-state index >= 15 is 0 Å². The van der Waals surface area contributed by atoms with Crippen LogP contribution in [0.1, 0.15) is 373 Å². The number of unbranched alkanes of at least 4 members (excludes halogenated alkanes) is 44. The Bertz CT molecular complexity index is 1560. The van der Waals surface area contributed by atoms with Crippen LogP contribution in [-0.4, -0.2) is 36.4 Å². The van der Waals surface area contributed by atoms with Gasteiger partial charge in [0.2, 0.25) is 0 Å². The van der Waals surface area contributed by atoms with Crippen LogP contribution in [-0.2, 0) is 19.1 Å². The van der Waals surface area contributed by atoms with Gasteiger partial charge in [0.15, 0.2) is 6.10 Å². The van der Waals surface area contributed by atoms with E-state index in [9.17, 15) is 14.7 Å². The lowest BCUT2D eigenvalue weighted by Gasteiger charge is -2.15. The molecular formula is C79H140O5. The Morgan fingerprint density at radius 3 is 0.774 bits per heavy atom. The van der Waals surface area contributed by atoms with Crippen molar-refractivity contribution in [3.63, 3.8) is 0 Å². The van der Waals surface area contributed by atoms with E-state index < -0.39 is 6.10 Å². The minimum atomic E-state index is -0.775. The first kappa shape index (κ1) is 80.8. The van der Waals surface area contributed by atoms with Crippen molar-refractivity contribution in [2.24, 2.45) is 0 Å². The SMILES string of the molecule is CC/C=C\C/C=C\C/C=C\C/C=C\C/C=C\CCCCCCCCCCCCCCCCCCCCCCCCCCCC(=O)OC(CO)COC(=O)CCCCCCCCCCCCCCCC/C=C\C/C=C\C/C=C\CCCCCCC. The second-order valence-corrected chi connectivity index (χ2v) is 24.6. The predicted octanol–water partition coefficient (Wildman–Crippen LogP) is 25.8. The molecule has 486 valence electrons. The van der Waals surface area contributed by atoms with Crippen LogP contribution in [0.2, 0.25) is 0 Å². The largest absolute Gasteiger partial charge is 0.462 e. The van der Waals surface area contributed by atoms with E-state index in [0.29, 0.717) is 12.8 Å². The molecule has 0 bridgehead atoms. The van der Waals surface area contributed by atoms with Gasteiger partial charge >= 0.3 is 11.9 Å². The molecule has 0 saturated heterocycles. The highest BCUT2D eigenvalue weighted by atomic mass is 16.6. The van der Waals surface area contributed by atoms with Gasteiger partial charge in [-0.1, -0.05) is 361 Å². The number of hydrogen-bond acceptors (Lipinski definition) is 5. The van der Waals surface area contributed by atoms with Crippen molar-refractivity contribution in [1.29, 1.82) is 0 Å². The Morgan fingerprint density at radius 1 is 0.286 bits per heavy atom. The summed E-state index contributed by atoms with van der Waals surface area (Å²) in [4.78, 5) is 24.7. The maximum absolute atomic E-state index is 12.4. The fourth-order valence-corrected chi connectivity index (χ4v) is 10.9. The average Bonchev–Trinajstić information content (AvgIpc) is 3.51. The molecule has 0 rings (SSSR count). The van der Waals surface area contributed by atoms with Crippen LogP contribution in [0.4, 0.5) is 0 Å². The molecule has 0 aromatic carbocycles. The highest BCUT2D eigenvalue weighted by molar-refractivity contribution is 5.70. The lowest BCUT2D eigenvalue weighted by atomic mass is 10.0. The fourth-order valence-electron chi connectivity index (χ4n) is 10.9. The Labute approximate surface area is 523 Å². The third-order valence-corrected chi connectivity index (χ3v) is 16.4. The molecule has 0 saturated carbocycles. The second-order valence-electron chi connectivity index (χ2n) is 24.6. The molecule has 0 aromatic rings. The van der Waals surface area contributed by atoms with E-state index in [4.69, 9.17) is 9.47 Å². The number of carbonyl (C=O) groups excluding carboxylic acids is 2. The second kappa shape index (κ2) is 74.1. The molecular weight excluding hydrogens is 1030 g/mol. The molecule has 0 radical (unpaired) electrons. The summed E-state index contributed by atoms with van der Waals surface area (Å²) < 4.78 is 10.8. The first-order valence-electron chi connectivity index (χ1n) is 36.8. The summed E-state index contributed by atoms with van der Waals surface area (Å²) in [6, 6.07) is 0. The normalized spacial score (nSPS) is 12.8. The molecule has 0 heterocycles. The number of hydrogen-bond donors (Lipinski definition) is 1. The van der Waals surface area contributed by atoms with Gasteiger partial charge in [-0.05, 0) is 96.3 Å². The molecule has 0 aromatic heterocycles. The van der Waals surface area contributed by atoms with Crippen LogP contribution in [0.5, 0.6) is 0 Å². The van der Waals surface area contributed by atoms with Gasteiger partial charge in [-0.15, -0.1) is 0 Å². The van der Waals surface area contributed by atoms with Crippen LogP contribution in [0.15, 0.2) is 97.2 Å². The van der Waals surface area contributed by atoms with Gasteiger partial charge in [-0.3, -0.25) is 9.59 Å². The molecule has 84 heavy (non-hydrogen) atoms. The summed E-state index contributed by atoms with van der Waals surface area (Å²) in [7, 11) is 0.